The number of fused-ring (bicyclic) bond motifs is 2. The highest BCUT2D eigenvalue weighted by molar-refractivity contribution is 5.80. The van der Waals surface area contributed by atoms with Gasteiger partial charge in [0.15, 0.2) is 0 Å². The number of rotatable bonds is 1. The van der Waals surface area contributed by atoms with E-state index >= 15 is 0 Å². The summed E-state index contributed by atoms with van der Waals surface area (Å²) in [4.78, 5) is 10.8. The smallest absolute Gasteiger partial charge is 0.324 e. The summed E-state index contributed by atoms with van der Waals surface area (Å²) in [6, 6.07) is 0. The number of allylic oxidation sites excluding steroid dienone is 1. The highest BCUT2D eigenvalue weighted by Gasteiger charge is 2.50. The summed E-state index contributed by atoms with van der Waals surface area (Å²) < 4.78 is 0. The van der Waals surface area contributed by atoms with Gasteiger partial charge in [0.1, 0.15) is 5.54 Å². The Morgan fingerprint density at radius 3 is 2.64 bits per heavy atom. The van der Waals surface area contributed by atoms with Gasteiger partial charge in [-0.25, -0.2) is 0 Å². The minimum absolute atomic E-state index is 0.0741. The minimum Gasteiger partial charge on any atom is -0.480 e. The lowest BCUT2D eigenvalue weighted by molar-refractivity contribution is -0.144. The van der Waals surface area contributed by atoms with Gasteiger partial charge in [0.25, 0.3) is 0 Å². The maximum Gasteiger partial charge on any atom is 0.324 e. The van der Waals surface area contributed by atoms with E-state index in [0.29, 0.717) is 12.3 Å². The number of aliphatic carboxylic acids is 1. The summed E-state index contributed by atoms with van der Waals surface area (Å²) in [5, 5.41) is 8.84. The van der Waals surface area contributed by atoms with Gasteiger partial charge in [-0.3, -0.25) is 4.79 Å². The van der Waals surface area contributed by atoms with Crippen LogP contribution < -0.4 is 5.73 Å². The molecular weight excluding hydrogens is 142 g/mol. The fraction of sp³-hybridized carbons (Fsp3) is 0.625. The summed E-state index contributed by atoms with van der Waals surface area (Å²) in [6.45, 7) is 0. The van der Waals surface area contributed by atoms with Crippen molar-refractivity contribution in [3.8, 4) is 0 Å². The Bertz CT molecular complexity index is 236. The van der Waals surface area contributed by atoms with Crippen LogP contribution in [0.3, 0.4) is 0 Å². The molecule has 3 unspecified atom stereocenters. The van der Waals surface area contributed by atoms with Crippen molar-refractivity contribution in [2.24, 2.45) is 17.6 Å². The Labute approximate surface area is 64.9 Å². The molecule has 0 amide bonds. The zero-order valence-electron chi connectivity index (χ0n) is 6.16. The van der Waals surface area contributed by atoms with Crippen molar-refractivity contribution < 1.29 is 9.90 Å². The van der Waals surface area contributed by atoms with Crippen molar-refractivity contribution in [3.05, 3.63) is 12.2 Å². The van der Waals surface area contributed by atoms with E-state index in [4.69, 9.17) is 10.8 Å². The Hall–Kier alpha value is -0.830. The lowest BCUT2D eigenvalue weighted by Gasteiger charge is -2.25. The second kappa shape index (κ2) is 1.85. The molecule has 0 aromatic rings. The zero-order valence-corrected chi connectivity index (χ0v) is 6.16. The first-order chi connectivity index (χ1) is 5.13. The second-order valence-corrected chi connectivity index (χ2v) is 3.54. The fourth-order valence-corrected chi connectivity index (χ4v) is 2.14. The molecule has 0 aliphatic heterocycles. The predicted molar refractivity (Wildman–Crippen MR) is 39.9 cm³/mol. The van der Waals surface area contributed by atoms with Crippen molar-refractivity contribution in [2.45, 2.75) is 18.4 Å². The van der Waals surface area contributed by atoms with E-state index in [-0.39, 0.29) is 5.92 Å². The standard InChI is InChI=1S/C8H11NO2/c9-8(7(10)11)4-5-1-2-6(8)3-5/h1-2,5-6H,3-4,9H2,(H,10,11). The molecule has 0 heterocycles. The highest BCUT2D eigenvalue weighted by Crippen LogP contribution is 2.44. The summed E-state index contributed by atoms with van der Waals surface area (Å²) in [5.41, 5.74) is 4.78. The average Bonchev–Trinajstić information content (AvgIpc) is 2.45. The molecule has 60 valence electrons. The number of carboxylic acid groups (broad SMARTS) is 1. The molecule has 1 fully saturated rings. The summed E-state index contributed by atoms with van der Waals surface area (Å²) >= 11 is 0. The number of hydrogen-bond donors (Lipinski definition) is 2. The molecule has 2 aliphatic rings. The molecule has 1 saturated carbocycles. The number of carboxylic acids is 1. The normalized spacial score (nSPS) is 46.6. The summed E-state index contributed by atoms with van der Waals surface area (Å²) in [7, 11) is 0. The molecule has 3 N–H and O–H groups in total. The molecule has 0 saturated heterocycles. The molecule has 3 nitrogen and oxygen atoms in total. The molecule has 0 aromatic carbocycles. The molecule has 2 bridgehead atoms. The molecule has 0 radical (unpaired) electrons. The lowest BCUT2D eigenvalue weighted by atomic mass is 9.86. The Morgan fingerprint density at radius 1 is 1.64 bits per heavy atom. The van der Waals surface area contributed by atoms with Gasteiger partial charge in [-0.15, -0.1) is 0 Å². The third kappa shape index (κ3) is 0.744. The third-order valence-corrected chi connectivity index (χ3v) is 2.83. The highest BCUT2D eigenvalue weighted by atomic mass is 16.4. The van der Waals surface area contributed by atoms with Gasteiger partial charge in [0, 0.05) is 5.92 Å². The van der Waals surface area contributed by atoms with Gasteiger partial charge in [-0.05, 0) is 18.8 Å². The Balaban J connectivity index is 2.30. The maximum atomic E-state index is 10.8. The van der Waals surface area contributed by atoms with Gasteiger partial charge < -0.3 is 10.8 Å². The van der Waals surface area contributed by atoms with E-state index in [1.165, 1.54) is 0 Å². The fourth-order valence-electron chi connectivity index (χ4n) is 2.14. The van der Waals surface area contributed by atoms with Crippen molar-refractivity contribution in [2.75, 3.05) is 0 Å². The van der Waals surface area contributed by atoms with Crippen molar-refractivity contribution >= 4 is 5.97 Å². The molecule has 2 aliphatic carbocycles. The van der Waals surface area contributed by atoms with E-state index in [1.807, 2.05) is 6.08 Å². The number of carbonyl (C=O) groups is 1. The van der Waals surface area contributed by atoms with Crippen LogP contribution in [0.15, 0.2) is 12.2 Å². The number of nitrogens with two attached hydrogens (primary N) is 1. The summed E-state index contributed by atoms with van der Waals surface area (Å²) in [5.74, 6) is -0.361. The van der Waals surface area contributed by atoms with Gasteiger partial charge in [-0.2, -0.15) is 0 Å². The molecular formula is C8H11NO2. The van der Waals surface area contributed by atoms with Crippen LogP contribution in [0.4, 0.5) is 0 Å². The van der Waals surface area contributed by atoms with Gasteiger partial charge in [-0.1, -0.05) is 12.2 Å². The molecule has 2 rings (SSSR count). The van der Waals surface area contributed by atoms with Crippen LogP contribution in [-0.4, -0.2) is 16.6 Å². The quantitative estimate of drug-likeness (QED) is 0.535. The average molecular weight is 153 g/mol. The predicted octanol–water partition coefficient (Wildman–Crippen LogP) is 0.364. The van der Waals surface area contributed by atoms with Crippen LogP contribution in [0.2, 0.25) is 0 Å². The molecule has 0 spiro atoms. The van der Waals surface area contributed by atoms with E-state index < -0.39 is 11.5 Å². The minimum atomic E-state index is -0.959. The maximum absolute atomic E-state index is 10.8. The topological polar surface area (TPSA) is 63.3 Å². The van der Waals surface area contributed by atoms with Crippen LogP contribution >= 0.6 is 0 Å². The van der Waals surface area contributed by atoms with Crippen molar-refractivity contribution in [3.63, 3.8) is 0 Å². The molecule has 11 heavy (non-hydrogen) atoms. The summed E-state index contributed by atoms with van der Waals surface area (Å²) in [6.07, 6.45) is 5.58. The molecule has 0 aromatic heterocycles. The van der Waals surface area contributed by atoms with Crippen molar-refractivity contribution in [1.29, 1.82) is 0 Å². The SMILES string of the molecule is NC1(C(=O)O)CC2C=CC1C2. The lowest BCUT2D eigenvalue weighted by Crippen LogP contribution is -2.51. The number of hydrogen-bond acceptors (Lipinski definition) is 2. The monoisotopic (exact) mass is 153 g/mol. The van der Waals surface area contributed by atoms with Crippen LogP contribution in [0.1, 0.15) is 12.8 Å². The van der Waals surface area contributed by atoms with E-state index in [2.05, 4.69) is 6.08 Å². The zero-order chi connectivity index (χ0) is 8.06. The van der Waals surface area contributed by atoms with Crippen LogP contribution in [0.25, 0.3) is 0 Å². The van der Waals surface area contributed by atoms with E-state index in [0.717, 1.165) is 6.42 Å². The Morgan fingerprint density at radius 2 is 2.36 bits per heavy atom. The van der Waals surface area contributed by atoms with Crippen LogP contribution in [-0.2, 0) is 4.79 Å². The van der Waals surface area contributed by atoms with E-state index in [1.54, 1.807) is 0 Å². The molecule has 3 heteroatoms. The third-order valence-electron chi connectivity index (χ3n) is 2.83. The van der Waals surface area contributed by atoms with E-state index in [9.17, 15) is 4.79 Å². The Kier molecular flexibility index (Phi) is 1.16. The second-order valence-electron chi connectivity index (χ2n) is 3.54. The largest absolute Gasteiger partial charge is 0.480 e. The first-order valence-electron chi connectivity index (χ1n) is 3.83. The van der Waals surface area contributed by atoms with Crippen LogP contribution in [0.5, 0.6) is 0 Å². The van der Waals surface area contributed by atoms with Gasteiger partial charge in [0.05, 0.1) is 0 Å². The van der Waals surface area contributed by atoms with Crippen molar-refractivity contribution in [1.82, 2.24) is 0 Å². The molecule has 3 atom stereocenters. The van der Waals surface area contributed by atoms with Gasteiger partial charge >= 0.3 is 5.97 Å². The van der Waals surface area contributed by atoms with Crippen LogP contribution in [0, 0.1) is 11.8 Å². The first kappa shape index (κ1) is 6.85. The van der Waals surface area contributed by atoms with Gasteiger partial charge in [0.2, 0.25) is 0 Å². The first-order valence-corrected chi connectivity index (χ1v) is 3.83.